The van der Waals surface area contributed by atoms with E-state index in [2.05, 4.69) is 202 Å². The van der Waals surface area contributed by atoms with E-state index in [4.69, 9.17) is 19.9 Å². The smallest absolute Gasteiger partial charge is 0.224 e. The zero-order valence-electron chi connectivity index (χ0n) is 80.8. The number of benzene rings is 4. The molecule has 4 aromatic carbocycles. The maximum absolute atomic E-state index is 12.4. The van der Waals surface area contributed by atoms with E-state index in [0.717, 1.165) is 208 Å². The molecule has 34 nitrogen and oxygen atoms in total. The number of carbonyl (C=O) groups is 2. The number of nitrogens with one attached hydrogen (secondary N) is 10. The number of pyridine rings is 12. The van der Waals surface area contributed by atoms with Gasteiger partial charge in [-0.25, -0.2) is 19.9 Å². The van der Waals surface area contributed by atoms with Gasteiger partial charge >= 0.3 is 0 Å². The molecule has 2 aliphatic heterocycles. The van der Waals surface area contributed by atoms with Crippen LogP contribution in [0.15, 0.2) is 294 Å². The maximum Gasteiger partial charge on any atom is 0.224 e. The highest BCUT2D eigenvalue weighted by Gasteiger charge is 2.26. The van der Waals surface area contributed by atoms with Crippen LogP contribution in [0.25, 0.3) is 223 Å². The summed E-state index contributed by atoms with van der Waals surface area (Å²) in [5, 5.41) is 40.6. The van der Waals surface area contributed by atoms with Crippen LogP contribution in [0, 0.1) is 5.41 Å². The van der Waals surface area contributed by atoms with E-state index in [0.29, 0.717) is 58.9 Å². The maximum atomic E-state index is 12.4. The fourth-order valence-corrected chi connectivity index (χ4v) is 19.2. The van der Waals surface area contributed by atoms with E-state index < -0.39 is 0 Å². The fourth-order valence-electron chi connectivity index (χ4n) is 19.2. The summed E-state index contributed by atoms with van der Waals surface area (Å²) in [4.78, 5) is 115. The lowest BCUT2D eigenvalue weighted by Gasteiger charge is -2.26. The van der Waals surface area contributed by atoms with Crippen molar-refractivity contribution >= 4 is 111 Å². The van der Waals surface area contributed by atoms with E-state index in [9.17, 15) is 9.59 Å². The minimum atomic E-state index is -0.0936. The number of hydrogen-bond acceptors (Lipinski definition) is 24. The molecule has 26 rings (SSSR count). The number of aromatic amines is 8. The van der Waals surface area contributed by atoms with Crippen LogP contribution in [0.5, 0.6) is 0 Å². The zero-order valence-corrected chi connectivity index (χ0v) is 80.8. The van der Waals surface area contributed by atoms with Gasteiger partial charge in [0.05, 0.1) is 115 Å². The van der Waals surface area contributed by atoms with E-state index in [1.165, 1.54) is 69.4 Å². The van der Waals surface area contributed by atoms with Crippen LogP contribution in [-0.4, -0.2) is 188 Å². The lowest BCUT2D eigenvalue weighted by Crippen LogP contribution is -2.29. The number of H-pyrrole nitrogens is 8. The van der Waals surface area contributed by atoms with Gasteiger partial charge in [-0.15, -0.1) is 0 Å². The highest BCUT2D eigenvalue weighted by molar-refractivity contribution is 6.04. The molecule has 722 valence electrons. The largest absolute Gasteiger partial charge is 0.335 e. The number of aromatic nitrogens is 28. The van der Waals surface area contributed by atoms with Crippen LogP contribution in [0.2, 0.25) is 0 Å². The molecule has 10 N–H and O–H groups in total. The second-order valence-corrected chi connectivity index (χ2v) is 37.9. The number of likely N-dealkylation sites (tertiary alicyclic amines) is 2. The molecule has 2 saturated heterocycles. The summed E-state index contributed by atoms with van der Waals surface area (Å²) in [6.07, 6.45) is 51.5. The monoisotopic (exact) mass is 1930 g/mol. The van der Waals surface area contributed by atoms with Crippen molar-refractivity contribution in [3.63, 3.8) is 0 Å². The molecule has 0 bridgehead atoms. The molecule has 22 heterocycles. The molecule has 0 spiro atoms. The number of hydrogen-bond donors (Lipinski definition) is 10. The Morgan fingerprint density at radius 1 is 0.293 bits per heavy atom. The van der Waals surface area contributed by atoms with Gasteiger partial charge in [0.1, 0.15) is 22.8 Å². The second-order valence-electron chi connectivity index (χ2n) is 37.9. The molecular weight excluding hydrogens is 1840 g/mol. The number of rotatable bonds is 21. The Morgan fingerprint density at radius 2 is 0.578 bits per heavy atom. The number of amides is 2. The van der Waals surface area contributed by atoms with Crippen molar-refractivity contribution in [3.8, 4) is 135 Å². The third-order valence-electron chi connectivity index (χ3n) is 26.3. The summed E-state index contributed by atoms with van der Waals surface area (Å²) in [5.74, 6) is 2.66. The van der Waals surface area contributed by atoms with E-state index in [-0.39, 0.29) is 17.2 Å². The van der Waals surface area contributed by atoms with E-state index in [1.54, 1.807) is 99.1 Å². The molecule has 147 heavy (non-hydrogen) atoms. The van der Waals surface area contributed by atoms with Crippen molar-refractivity contribution in [3.05, 3.63) is 305 Å². The number of anilines is 2. The van der Waals surface area contributed by atoms with Crippen molar-refractivity contribution < 1.29 is 9.59 Å². The van der Waals surface area contributed by atoms with Gasteiger partial charge in [0.2, 0.25) is 11.8 Å². The van der Waals surface area contributed by atoms with Crippen molar-refractivity contribution in [2.45, 2.75) is 92.2 Å². The molecular formula is C113H98N32O2. The molecule has 0 radical (unpaired) electrons. The molecule has 24 aromatic rings. The fraction of sp³-hybridized carbons (Fsp3) is 0.168. The van der Waals surface area contributed by atoms with Gasteiger partial charge in [-0.05, 0) is 241 Å². The second kappa shape index (κ2) is 40.7. The Bertz CT molecular complexity index is 8920. The van der Waals surface area contributed by atoms with Crippen molar-refractivity contribution in [2.24, 2.45) is 5.41 Å². The van der Waals surface area contributed by atoms with Crippen LogP contribution < -0.4 is 10.6 Å². The van der Waals surface area contributed by atoms with Crippen LogP contribution in [0.1, 0.15) is 90.2 Å². The lowest BCUT2D eigenvalue weighted by atomic mass is 9.92. The van der Waals surface area contributed by atoms with Crippen molar-refractivity contribution in [1.29, 1.82) is 0 Å². The Hall–Kier alpha value is -18.7. The molecule has 0 unspecified atom stereocenters. The van der Waals surface area contributed by atoms with Crippen LogP contribution in [0.3, 0.4) is 0 Å². The molecule has 2 fully saturated rings. The first-order valence-electron chi connectivity index (χ1n) is 48.9. The van der Waals surface area contributed by atoms with Crippen LogP contribution in [-0.2, 0) is 22.7 Å². The molecule has 0 atom stereocenters. The van der Waals surface area contributed by atoms with Crippen molar-refractivity contribution in [2.75, 3.05) is 36.8 Å². The molecule has 2 amide bonds. The lowest BCUT2D eigenvalue weighted by molar-refractivity contribution is -0.118. The SMILES string of the molecule is CC(C)(C)CC(=O)Nc1cncc(-c2ccc3[nH]nc(-c4nc5c(-c6ccncc6)cncc5[nH]4)c3c2)c1.CCCC(=O)Nc1cncc(-c2ccc3[nH]nc(-c4nc5c(-c6ccncc6)cncc5[nH]4)c3c2)c1.c1cc(-c2cncc3[nH]c(-c4n[nH]c5ccc(-c6cncc(CN7CCCC7)c6)cc45)nc23)ccn1.c1cc(-c2cncc3[nH]c(-c4n[nH]c5ccc(-c6cncc(CN7CCCCC7)c6)cc45)nc23)ccn1. The van der Waals surface area contributed by atoms with E-state index >= 15 is 0 Å². The van der Waals surface area contributed by atoms with Gasteiger partial charge < -0.3 is 30.6 Å². The first-order chi connectivity index (χ1) is 72.2. The predicted molar refractivity (Wildman–Crippen MR) is 572 cm³/mol. The predicted octanol–water partition coefficient (Wildman–Crippen LogP) is 22.2. The van der Waals surface area contributed by atoms with Gasteiger partial charge in [0.25, 0.3) is 0 Å². The Labute approximate surface area is 840 Å². The average molecular weight is 1940 g/mol. The minimum absolute atomic E-state index is 0.0190. The van der Waals surface area contributed by atoms with Gasteiger partial charge in [0, 0.05) is 204 Å². The number of piperidine rings is 1. The van der Waals surface area contributed by atoms with Gasteiger partial charge in [-0.3, -0.25) is 99.6 Å². The van der Waals surface area contributed by atoms with E-state index in [1.807, 2.05) is 162 Å². The first-order valence-corrected chi connectivity index (χ1v) is 48.9. The third kappa shape index (κ3) is 20.0. The van der Waals surface area contributed by atoms with Gasteiger partial charge in [-0.2, -0.15) is 20.4 Å². The van der Waals surface area contributed by atoms with Gasteiger partial charge in [0.15, 0.2) is 23.3 Å². The van der Waals surface area contributed by atoms with Crippen molar-refractivity contribution in [1.82, 2.24) is 150 Å². The standard InChI is InChI=1S/C29H26N8O.C29H26N8.C28H24N8.C27H22N8O/c1-29(2,3)12-25(38)33-20-10-19(13-31-14-20)18-4-5-23-21(11-18)27(37-36-23)28-34-24-16-32-15-22(26(24)35-28)17-6-8-30-9-7-17;1-2-10-37(11-3-1)18-19-12-22(15-31-14-19)21-4-5-25-23(13-21)28(36-35-25)29-33-26-17-32-16-24(27(26)34-29)20-6-8-30-9-7-20;1-2-10-36(9-1)17-18-11-21(14-30-13-18)20-3-4-24-22(12-20)27(35-34-24)28-32-25-16-31-15-23(26(25)33-28)19-5-7-29-8-6-19;1-2-3-24(36)31-19-10-18(12-29-13-19)17-4-5-22-20(11-17)26(35-34-22)27-32-23-15-30-14-21(25(23)33-27)16-6-8-28-9-7-16/h4-11,13-16H,12H2,1-3H3,(H,33,38)(H,34,35)(H,36,37);4-9,12-17H,1-3,10-11,18H2,(H,33,34)(H,35,36);3-8,11-16H,1-2,9-10,17H2,(H,32,33)(H,34,35);4-15H,2-3H2,1H3,(H,31,36)(H,32,33)(H,34,35). The summed E-state index contributed by atoms with van der Waals surface area (Å²) in [6.45, 7) is 14.7. The zero-order chi connectivity index (χ0) is 99.3. The molecule has 34 heteroatoms. The average Bonchev–Trinajstić information content (AvgIpc) is 1.63. The number of fused-ring (bicyclic) bond motifs is 8. The topological polar surface area (TPSA) is 449 Å². The van der Waals surface area contributed by atoms with Crippen LogP contribution >= 0.6 is 0 Å². The normalized spacial score (nSPS) is 12.9. The Morgan fingerprint density at radius 3 is 0.884 bits per heavy atom. The first kappa shape index (κ1) is 92.0. The summed E-state index contributed by atoms with van der Waals surface area (Å²) in [7, 11) is 0. The summed E-state index contributed by atoms with van der Waals surface area (Å²) in [6, 6.07) is 48.8. The Balaban J connectivity index is 0.000000108. The molecule has 20 aromatic heterocycles. The molecule has 0 aliphatic carbocycles. The van der Waals surface area contributed by atoms with Gasteiger partial charge in [-0.1, -0.05) is 58.4 Å². The Kier molecular flexibility index (Phi) is 25.5. The number of nitrogens with zero attached hydrogens (tertiary/aromatic N) is 22. The minimum Gasteiger partial charge on any atom is -0.335 e. The highest BCUT2D eigenvalue weighted by atomic mass is 16.2. The molecule has 0 saturated carbocycles. The summed E-state index contributed by atoms with van der Waals surface area (Å²) >= 11 is 0. The number of imidazole rings is 4. The third-order valence-corrected chi connectivity index (χ3v) is 26.3. The molecule has 2 aliphatic rings. The van der Waals surface area contributed by atoms with Crippen LogP contribution in [0.4, 0.5) is 11.4 Å². The number of carbonyl (C=O) groups excluding carboxylic acids is 2. The highest BCUT2D eigenvalue weighted by Crippen LogP contribution is 2.41. The summed E-state index contributed by atoms with van der Waals surface area (Å²) in [5.41, 5.74) is 33.1. The summed E-state index contributed by atoms with van der Waals surface area (Å²) < 4.78 is 0. The quantitative estimate of drug-likeness (QED) is 0.0319.